The van der Waals surface area contributed by atoms with Gasteiger partial charge in [0, 0.05) is 5.25 Å². The molecule has 0 aromatic carbocycles. The highest BCUT2D eigenvalue weighted by Gasteiger charge is 2.46. The Labute approximate surface area is 198 Å². The first kappa shape index (κ1) is 28.3. The Morgan fingerprint density at radius 2 is 1.32 bits per heavy atom. The van der Waals surface area contributed by atoms with E-state index >= 15 is 0 Å². The highest BCUT2D eigenvalue weighted by Crippen LogP contribution is 2.38. The molecular weight excluding hydrogens is 396 g/mol. The molecule has 0 N–H and O–H groups in total. The van der Waals surface area contributed by atoms with Gasteiger partial charge in [0.15, 0.2) is 0 Å². The molecule has 1 nitrogen and oxygen atoms in total. The lowest BCUT2D eigenvalue weighted by atomic mass is 10.0. The molecule has 0 aromatic rings. The van der Waals surface area contributed by atoms with Crippen molar-refractivity contribution in [2.45, 2.75) is 130 Å². The van der Waals surface area contributed by atoms with Gasteiger partial charge in [-0.15, -0.1) is 0 Å². The second-order valence-corrected chi connectivity index (χ2v) is 11.9. The molecule has 1 aliphatic rings. The first-order chi connectivity index (χ1) is 14.6. The Hall–Kier alpha value is -0.730. The van der Waals surface area contributed by atoms with E-state index in [9.17, 15) is 0 Å². The molecule has 31 heavy (non-hydrogen) atoms. The van der Waals surface area contributed by atoms with E-state index in [1.54, 1.807) is 5.57 Å². The molecule has 2 atom stereocenters. The van der Waals surface area contributed by atoms with Crippen LogP contribution in [0.2, 0.25) is 0 Å². The third kappa shape index (κ3) is 14.9. The summed E-state index contributed by atoms with van der Waals surface area (Å²) >= 11 is 2.12. The van der Waals surface area contributed by atoms with Gasteiger partial charge in [-0.2, -0.15) is 11.8 Å². The van der Waals surface area contributed by atoms with E-state index in [4.69, 9.17) is 4.74 Å². The molecule has 0 spiro atoms. The molecule has 0 radical (unpaired) electrons. The number of ether oxygens (including phenoxy) is 1. The van der Waals surface area contributed by atoms with E-state index in [-0.39, 0.29) is 5.60 Å². The standard InChI is InChI=1S/C29H50OS/c1-23(2)13-9-19-27(6)31-22-12-18-25(4)16-10-14-24(3)15-11-17-26(5)20-21-28-29(7,8)30-28/h13-14,17-18,27-28H,9-12,15-16,19-22H2,1-8H3/b24-14+,25-18+,26-17+. The van der Waals surface area contributed by atoms with Crippen molar-refractivity contribution in [1.29, 1.82) is 0 Å². The van der Waals surface area contributed by atoms with Crippen LogP contribution in [0.4, 0.5) is 0 Å². The zero-order valence-corrected chi connectivity index (χ0v) is 22.7. The first-order valence-electron chi connectivity index (χ1n) is 12.5. The van der Waals surface area contributed by atoms with Crippen molar-refractivity contribution < 1.29 is 4.74 Å². The van der Waals surface area contributed by atoms with Crippen LogP contribution in [-0.2, 0) is 4.74 Å². The van der Waals surface area contributed by atoms with Gasteiger partial charge >= 0.3 is 0 Å². The van der Waals surface area contributed by atoms with Crippen molar-refractivity contribution in [2.24, 2.45) is 0 Å². The lowest BCUT2D eigenvalue weighted by molar-refractivity contribution is 0.320. The van der Waals surface area contributed by atoms with Gasteiger partial charge in [-0.1, -0.05) is 53.5 Å². The van der Waals surface area contributed by atoms with Gasteiger partial charge < -0.3 is 4.74 Å². The lowest BCUT2D eigenvalue weighted by Crippen LogP contribution is -2.02. The number of thioether (sulfide) groups is 1. The fourth-order valence-electron chi connectivity index (χ4n) is 3.76. The Bertz CT molecular complexity index is 631. The van der Waals surface area contributed by atoms with E-state index < -0.39 is 0 Å². The van der Waals surface area contributed by atoms with Crippen molar-refractivity contribution in [3.63, 3.8) is 0 Å². The smallest absolute Gasteiger partial charge is 0.0892 e. The Morgan fingerprint density at radius 3 is 1.84 bits per heavy atom. The fourth-order valence-corrected chi connectivity index (χ4v) is 4.72. The van der Waals surface area contributed by atoms with Gasteiger partial charge in [0.1, 0.15) is 0 Å². The monoisotopic (exact) mass is 446 g/mol. The maximum absolute atomic E-state index is 5.68. The Kier molecular flexibility index (Phi) is 13.8. The summed E-state index contributed by atoms with van der Waals surface area (Å²) < 4.78 is 5.68. The number of epoxide rings is 1. The van der Waals surface area contributed by atoms with Crippen LogP contribution in [0.5, 0.6) is 0 Å². The summed E-state index contributed by atoms with van der Waals surface area (Å²) in [6, 6.07) is 0. The van der Waals surface area contributed by atoms with Crippen LogP contribution in [0.1, 0.15) is 113 Å². The first-order valence-corrected chi connectivity index (χ1v) is 13.5. The average molecular weight is 447 g/mol. The van der Waals surface area contributed by atoms with E-state index in [1.807, 2.05) is 0 Å². The zero-order chi connectivity index (χ0) is 23.3. The van der Waals surface area contributed by atoms with E-state index in [0.717, 1.165) is 5.25 Å². The molecule has 1 heterocycles. The van der Waals surface area contributed by atoms with Crippen molar-refractivity contribution in [3.05, 3.63) is 46.6 Å². The maximum atomic E-state index is 5.68. The van der Waals surface area contributed by atoms with E-state index in [1.165, 1.54) is 80.3 Å². The molecule has 2 unspecified atom stereocenters. The van der Waals surface area contributed by atoms with Crippen LogP contribution in [0.15, 0.2) is 46.6 Å². The van der Waals surface area contributed by atoms with Gasteiger partial charge in [0.2, 0.25) is 0 Å². The molecule has 1 fully saturated rings. The van der Waals surface area contributed by atoms with Crippen molar-refractivity contribution in [2.75, 3.05) is 5.75 Å². The third-order valence-corrected chi connectivity index (χ3v) is 7.44. The largest absolute Gasteiger partial charge is 0.367 e. The van der Waals surface area contributed by atoms with Crippen molar-refractivity contribution in [1.82, 2.24) is 0 Å². The summed E-state index contributed by atoms with van der Waals surface area (Å²) in [6.45, 7) is 18.0. The van der Waals surface area contributed by atoms with E-state index in [2.05, 4.69) is 91.5 Å². The number of hydrogen-bond donors (Lipinski definition) is 0. The fraction of sp³-hybridized carbons (Fsp3) is 0.724. The summed E-state index contributed by atoms with van der Waals surface area (Å²) in [5, 5.41) is 0.765. The number of rotatable bonds is 16. The Balaban J connectivity index is 2.11. The van der Waals surface area contributed by atoms with Crippen LogP contribution in [0.3, 0.4) is 0 Å². The van der Waals surface area contributed by atoms with Gasteiger partial charge in [0.25, 0.3) is 0 Å². The molecule has 178 valence electrons. The minimum absolute atomic E-state index is 0.134. The number of hydrogen-bond acceptors (Lipinski definition) is 2. The molecule has 1 saturated heterocycles. The summed E-state index contributed by atoms with van der Waals surface area (Å²) in [5.74, 6) is 1.25. The number of allylic oxidation sites excluding steroid dienone is 8. The molecule has 0 aromatic heterocycles. The highest BCUT2D eigenvalue weighted by atomic mass is 32.2. The molecule has 0 aliphatic carbocycles. The quantitative estimate of drug-likeness (QED) is 0.133. The zero-order valence-electron chi connectivity index (χ0n) is 21.9. The molecular formula is C29H50OS. The lowest BCUT2D eigenvalue weighted by Gasteiger charge is -2.09. The maximum Gasteiger partial charge on any atom is 0.0892 e. The van der Waals surface area contributed by atoms with Gasteiger partial charge in [-0.25, -0.2) is 0 Å². The summed E-state index contributed by atoms with van der Waals surface area (Å²) in [7, 11) is 0. The van der Waals surface area contributed by atoms with Crippen LogP contribution in [0, 0.1) is 0 Å². The van der Waals surface area contributed by atoms with Crippen LogP contribution in [0.25, 0.3) is 0 Å². The second kappa shape index (κ2) is 15.2. The summed E-state index contributed by atoms with van der Waals surface area (Å²) in [4.78, 5) is 0. The van der Waals surface area contributed by atoms with Crippen molar-refractivity contribution >= 4 is 11.8 Å². The summed E-state index contributed by atoms with van der Waals surface area (Å²) in [6.07, 6.45) is 21.0. The topological polar surface area (TPSA) is 12.5 Å². The second-order valence-electron chi connectivity index (χ2n) is 10.3. The van der Waals surface area contributed by atoms with Gasteiger partial charge in [-0.3, -0.25) is 0 Å². The molecule has 0 amide bonds. The van der Waals surface area contributed by atoms with Gasteiger partial charge in [0.05, 0.1) is 11.7 Å². The van der Waals surface area contributed by atoms with Crippen LogP contribution < -0.4 is 0 Å². The molecule has 0 saturated carbocycles. The molecule has 0 bridgehead atoms. The molecule has 1 rings (SSSR count). The summed E-state index contributed by atoms with van der Waals surface area (Å²) in [5.41, 5.74) is 6.17. The SMILES string of the molecule is CC(C)=CCCC(C)SCC/C=C(\C)CC/C=C(\C)CC/C=C(\C)CCC1OC1(C)C. The minimum Gasteiger partial charge on any atom is -0.367 e. The van der Waals surface area contributed by atoms with Crippen LogP contribution >= 0.6 is 11.8 Å². The normalized spacial score (nSPS) is 20.0. The predicted octanol–water partition coefficient (Wildman–Crippen LogP) is 9.60. The minimum atomic E-state index is 0.134. The Morgan fingerprint density at radius 1 is 0.806 bits per heavy atom. The highest BCUT2D eigenvalue weighted by molar-refractivity contribution is 7.99. The molecule has 2 heteroatoms. The average Bonchev–Trinajstić information content (AvgIpc) is 3.30. The van der Waals surface area contributed by atoms with Crippen LogP contribution in [-0.4, -0.2) is 22.7 Å². The van der Waals surface area contributed by atoms with E-state index in [0.29, 0.717) is 6.10 Å². The predicted molar refractivity (Wildman–Crippen MR) is 143 cm³/mol. The van der Waals surface area contributed by atoms with Gasteiger partial charge in [-0.05, 0) is 112 Å². The molecule has 1 aliphatic heterocycles. The van der Waals surface area contributed by atoms with Crippen molar-refractivity contribution in [3.8, 4) is 0 Å². The third-order valence-electron chi connectivity index (χ3n) is 6.17.